The van der Waals surface area contributed by atoms with Crippen molar-refractivity contribution in [3.8, 4) is 5.75 Å². The van der Waals surface area contributed by atoms with Crippen LogP contribution >= 0.6 is 0 Å². The predicted molar refractivity (Wildman–Crippen MR) is 101 cm³/mol. The van der Waals surface area contributed by atoms with Gasteiger partial charge >= 0.3 is 12.0 Å². The maximum atomic E-state index is 12.9. The molecule has 1 N–H and O–H groups in total. The van der Waals surface area contributed by atoms with Gasteiger partial charge in [-0.1, -0.05) is 30.3 Å². The summed E-state index contributed by atoms with van der Waals surface area (Å²) >= 11 is 0. The molecule has 2 aromatic rings. The van der Waals surface area contributed by atoms with Crippen LogP contribution < -0.4 is 10.1 Å². The van der Waals surface area contributed by atoms with E-state index in [-0.39, 0.29) is 5.56 Å². The van der Waals surface area contributed by atoms with Gasteiger partial charge in [-0.25, -0.2) is 9.59 Å². The van der Waals surface area contributed by atoms with Gasteiger partial charge in [0.25, 0.3) is 5.91 Å². The maximum Gasteiger partial charge on any atom is 0.346 e. The van der Waals surface area contributed by atoms with E-state index >= 15 is 0 Å². The predicted octanol–water partition coefficient (Wildman–Crippen LogP) is 2.28. The van der Waals surface area contributed by atoms with Crippen LogP contribution in [0.5, 0.6) is 5.75 Å². The number of ether oxygens (including phenoxy) is 2. The number of urea groups is 1. The van der Waals surface area contributed by atoms with Crippen LogP contribution in [0.15, 0.2) is 53.6 Å². The number of hydrazone groups is 1. The molecule has 8 nitrogen and oxygen atoms in total. The van der Waals surface area contributed by atoms with Gasteiger partial charge in [0.15, 0.2) is 0 Å². The molecule has 0 spiro atoms. The Labute approximate surface area is 161 Å². The fraction of sp³-hybridized carbons (Fsp3) is 0.200. The first-order valence-electron chi connectivity index (χ1n) is 8.43. The number of carbonyl (C=O) groups is 3. The van der Waals surface area contributed by atoms with E-state index in [0.717, 1.165) is 5.01 Å². The van der Waals surface area contributed by atoms with Crippen molar-refractivity contribution in [3.63, 3.8) is 0 Å². The van der Waals surface area contributed by atoms with Crippen molar-refractivity contribution in [2.75, 3.05) is 14.2 Å². The van der Waals surface area contributed by atoms with Gasteiger partial charge < -0.3 is 14.8 Å². The summed E-state index contributed by atoms with van der Waals surface area (Å²) in [5.74, 6) is -0.435. The molecule has 1 heterocycles. The second-order valence-corrected chi connectivity index (χ2v) is 6.22. The van der Waals surface area contributed by atoms with Crippen LogP contribution in [-0.4, -0.2) is 43.4 Å². The van der Waals surface area contributed by atoms with E-state index in [9.17, 15) is 14.4 Å². The molecular weight excluding hydrogens is 362 g/mol. The topological polar surface area (TPSA) is 97.3 Å². The highest BCUT2D eigenvalue weighted by molar-refractivity contribution is 6.08. The number of esters is 1. The van der Waals surface area contributed by atoms with E-state index in [4.69, 9.17) is 9.47 Å². The van der Waals surface area contributed by atoms with Crippen LogP contribution in [0.2, 0.25) is 0 Å². The molecule has 1 aliphatic heterocycles. The van der Waals surface area contributed by atoms with Gasteiger partial charge in [-0.3, -0.25) is 4.79 Å². The Kier molecular flexibility index (Phi) is 5.12. The minimum atomic E-state index is -1.26. The Morgan fingerprint density at radius 3 is 2.43 bits per heavy atom. The van der Waals surface area contributed by atoms with Gasteiger partial charge in [-0.15, -0.1) is 5.01 Å². The molecule has 1 saturated heterocycles. The Bertz CT molecular complexity index is 955. The quantitative estimate of drug-likeness (QED) is 0.487. The summed E-state index contributed by atoms with van der Waals surface area (Å²) in [6, 6.07) is 12.8. The van der Waals surface area contributed by atoms with Crippen LogP contribution in [0.1, 0.15) is 28.4 Å². The molecule has 144 valence electrons. The summed E-state index contributed by atoms with van der Waals surface area (Å²) in [4.78, 5) is 37.1. The highest BCUT2D eigenvalue weighted by Crippen LogP contribution is 2.30. The molecule has 0 unspecified atom stereocenters. The van der Waals surface area contributed by atoms with Crippen LogP contribution in [-0.2, 0) is 15.1 Å². The third-order valence-electron chi connectivity index (χ3n) is 4.52. The molecule has 3 rings (SSSR count). The summed E-state index contributed by atoms with van der Waals surface area (Å²) in [6.07, 6.45) is 1.28. The Hall–Kier alpha value is -3.68. The Morgan fingerprint density at radius 1 is 1.11 bits per heavy atom. The standard InChI is InChI=1S/C20H19N3O5/c1-20(14-8-10-15(27-2)11-9-14)18(25)23(19(26)22-20)21-12-13-6-4-5-7-16(13)17(24)28-3/h4-12H,1-3H3,(H,22,26)/b21-12-/t20-/m1/s1. The lowest BCUT2D eigenvalue weighted by Gasteiger charge is -2.21. The molecule has 1 atom stereocenters. The zero-order valence-corrected chi connectivity index (χ0v) is 15.6. The van der Waals surface area contributed by atoms with Crippen LogP contribution in [0.4, 0.5) is 4.79 Å². The summed E-state index contributed by atoms with van der Waals surface area (Å²) in [5.41, 5.74) is 0.0359. The van der Waals surface area contributed by atoms with E-state index in [1.54, 1.807) is 62.6 Å². The first-order chi connectivity index (χ1) is 13.4. The molecule has 0 bridgehead atoms. The fourth-order valence-electron chi connectivity index (χ4n) is 2.87. The zero-order valence-electron chi connectivity index (χ0n) is 15.6. The van der Waals surface area contributed by atoms with E-state index < -0.39 is 23.4 Å². The largest absolute Gasteiger partial charge is 0.497 e. The Morgan fingerprint density at radius 2 is 1.79 bits per heavy atom. The number of hydrogen-bond donors (Lipinski definition) is 1. The number of amides is 3. The van der Waals surface area contributed by atoms with Crippen LogP contribution in [0, 0.1) is 0 Å². The number of hydrogen-bond acceptors (Lipinski definition) is 6. The van der Waals surface area contributed by atoms with E-state index in [2.05, 4.69) is 10.4 Å². The molecule has 0 saturated carbocycles. The van der Waals surface area contributed by atoms with E-state index in [0.29, 0.717) is 16.9 Å². The lowest BCUT2D eigenvalue weighted by Crippen LogP contribution is -2.40. The maximum absolute atomic E-state index is 12.9. The normalized spacial score (nSPS) is 19.0. The van der Waals surface area contributed by atoms with Crippen molar-refractivity contribution in [2.45, 2.75) is 12.5 Å². The zero-order chi connectivity index (χ0) is 20.3. The number of methoxy groups -OCH3 is 2. The third-order valence-corrected chi connectivity index (χ3v) is 4.52. The summed E-state index contributed by atoms with van der Waals surface area (Å²) in [6.45, 7) is 1.60. The van der Waals surface area contributed by atoms with Crippen LogP contribution in [0.3, 0.4) is 0 Å². The number of rotatable bonds is 5. The molecule has 3 amide bonds. The van der Waals surface area contributed by atoms with Gasteiger partial charge in [0.2, 0.25) is 0 Å². The third kappa shape index (κ3) is 3.32. The molecule has 0 aliphatic carbocycles. The SMILES string of the molecule is COC(=O)c1ccccc1/C=N\N1C(=O)N[C@](C)(c2ccc(OC)cc2)C1=O. The number of nitrogens with zero attached hydrogens (tertiary/aromatic N) is 2. The van der Waals surface area contributed by atoms with Crippen molar-refractivity contribution in [1.29, 1.82) is 0 Å². The highest BCUT2D eigenvalue weighted by Gasteiger charge is 2.49. The van der Waals surface area contributed by atoms with Crippen LogP contribution in [0.25, 0.3) is 0 Å². The highest BCUT2D eigenvalue weighted by atomic mass is 16.5. The molecule has 1 aliphatic rings. The second-order valence-electron chi connectivity index (χ2n) is 6.22. The van der Waals surface area contributed by atoms with E-state index in [1.165, 1.54) is 13.3 Å². The number of nitrogens with one attached hydrogen (secondary N) is 1. The fourth-order valence-corrected chi connectivity index (χ4v) is 2.87. The molecule has 1 fully saturated rings. The summed E-state index contributed by atoms with van der Waals surface area (Å²) < 4.78 is 9.85. The summed E-state index contributed by atoms with van der Waals surface area (Å²) in [7, 11) is 2.82. The molecular formula is C20H19N3O5. The van der Waals surface area contributed by atoms with Gasteiger partial charge in [0.05, 0.1) is 26.0 Å². The first-order valence-corrected chi connectivity index (χ1v) is 8.43. The summed E-state index contributed by atoms with van der Waals surface area (Å²) in [5, 5.41) is 7.41. The average molecular weight is 381 g/mol. The van der Waals surface area contributed by atoms with Gasteiger partial charge in [0, 0.05) is 5.56 Å². The second kappa shape index (κ2) is 7.51. The van der Waals surface area contributed by atoms with E-state index in [1.807, 2.05) is 0 Å². The molecule has 2 aromatic carbocycles. The van der Waals surface area contributed by atoms with Crippen molar-refractivity contribution in [2.24, 2.45) is 5.10 Å². The minimum absolute atomic E-state index is 0.277. The lowest BCUT2D eigenvalue weighted by atomic mass is 9.92. The van der Waals surface area contributed by atoms with Crippen molar-refractivity contribution < 1.29 is 23.9 Å². The number of imide groups is 1. The lowest BCUT2D eigenvalue weighted by molar-refractivity contribution is -0.131. The van der Waals surface area contributed by atoms with Crippen molar-refractivity contribution in [3.05, 3.63) is 65.2 Å². The van der Waals surface area contributed by atoms with Gasteiger partial charge in [-0.2, -0.15) is 5.10 Å². The van der Waals surface area contributed by atoms with Gasteiger partial charge in [-0.05, 0) is 30.7 Å². The molecule has 8 heteroatoms. The smallest absolute Gasteiger partial charge is 0.346 e. The minimum Gasteiger partial charge on any atom is -0.497 e. The first kappa shape index (κ1) is 19.1. The monoisotopic (exact) mass is 381 g/mol. The average Bonchev–Trinajstić information content (AvgIpc) is 2.95. The molecule has 0 aromatic heterocycles. The number of carbonyl (C=O) groups excluding carboxylic acids is 3. The van der Waals surface area contributed by atoms with Crippen molar-refractivity contribution >= 4 is 24.1 Å². The van der Waals surface area contributed by atoms with Gasteiger partial charge in [0.1, 0.15) is 11.3 Å². The Balaban J connectivity index is 1.88. The molecule has 0 radical (unpaired) electrons. The molecule has 28 heavy (non-hydrogen) atoms. The number of benzene rings is 2. The van der Waals surface area contributed by atoms with Crippen molar-refractivity contribution in [1.82, 2.24) is 10.3 Å².